The van der Waals surface area contributed by atoms with E-state index in [1.165, 1.54) is 27.9 Å². The fraction of sp³-hybridized carbons (Fsp3) is 0.368. The van der Waals surface area contributed by atoms with E-state index in [9.17, 15) is 0 Å². The zero-order valence-electron chi connectivity index (χ0n) is 13.6. The van der Waals surface area contributed by atoms with Crippen LogP contribution >= 0.6 is 0 Å². The van der Waals surface area contributed by atoms with E-state index >= 15 is 0 Å². The van der Waals surface area contributed by atoms with Gasteiger partial charge in [-0.2, -0.15) is 0 Å². The zero-order chi connectivity index (χ0) is 15.4. The maximum absolute atomic E-state index is 5.80. The summed E-state index contributed by atoms with van der Waals surface area (Å²) in [5, 5.41) is 0. The number of aryl methyl sites for hydroxylation is 3. The molecule has 2 rings (SSSR count). The molecule has 0 aliphatic heterocycles. The molecule has 0 amide bonds. The van der Waals surface area contributed by atoms with Gasteiger partial charge in [0.05, 0.1) is 0 Å². The summed E-state index contributed by atoms with van der Waals surface area (Å²) in [6.45, 7) is 10.8. The zero-order valence-corrected chi connectivity index (χ0v) is 13.6. The van der Waals surface area contributed by atoms with Crippen LogP contribution in [-0.2, 0) is 6.54 Å². The van der Waals surface area contributed by atoms with E-state index in [1.54, 1.807) is 0 Å². The van der Waals surface area contributed by atoms with Crippen LogP contribution in [0.1, 0.15) is 35.6 Å². The molecule has 0 saturated heterocycles. The first kappa shape index (κ1) is 15.4. The second-order valence-corrected chi connectivity index (χ2v) is 5.89. The molecule has 2 aromatic carbocycles. The minimum atomic E-state index is 0.817. The fourth-order valence-corrected chi connectivity index (χ4v) is 2.90. The molecule has 21 heavy (non-hydrogen) atoms. The Balaban J connectivity index is 2.30. The highest BCUT2D eigenvalue weighted by Gasteiger charge is 2.10. The molecule has 2 aromatic rings. The van der Waals surface area contributed by atoms with Crippen LogP contribution in [0.15, 0.2) is 36.4 Å². The van der Waals surface area contributed by atoms with E-state index in [2.05, 4.69) is 56.9 Å². The van der Waals surface area contributed by atoms with Gasteiger partial charge in [0.2, 0.25) is 0 Å². The van der Waals surface area contributed by atoms with Crippen LogP contribution in [0.2, 0.25) is 0 Å². The van der Waals surface area contributed by atoms with Crippen molar-refractivity contribution in [2.45, 2.75) is 40.7 Å². The third-order valence-corrected chi connectivity index (χ3v) is 3.94. The molecule has 0 saturated carbocycles. The Hall–Kier alpha value is -1.96. The first-order valence-electron chi connectivity index (χ1n) is 7.68. The lowest BCUT2D eigenvalue weighted by Gasteiger charge is -2.26. The largest absolute Gasteiger partial charge is 0.399 e. The number of nitrogens with zero attached hydrogens (tertiary/aromatic N) is 1. The molecular formula is C19H26N2. The molecule has 0 bridgehead atoms. The second kappa shape index (κ2) is 6.66. The van der Waals surface area contributed by atoms with Crippen molar-refractivity contribution in [1.29, 1.82) is 0 Å². The summed E-state index contributed by atoms with van der Waals surface area (Å²) in [6, 6.07) is 12.7. The molecule has 0 spiro atoms. The van der Waals surface area contributed by atoms with E-state index in [-0.39, 0.29) is 0 Å². The highest BCUT2D eigenvalue weighted by atomic mass is 15.1. The molecule has 112 valence electrons. The molecule has 0 heterocycles. The lowest BCUT2D eigenvalue weighted by molar-refractivity contribution is 0.761. The SMILES string of the molecule is CCCN(Cc1c(C)cc(C)cc1C)c1ccc(N)cc1. The van der Waals surface area contributed by atoms with Crippen molar-refractivity contribution in [1.82, 2.24) is 0 Å². The molecule has 0 aliphatic carbocycles. The Morgan fingerprint density at radius 1 is 0.952 bits per heavy atom. The molecule has 2 heteroatoms. The van der Waals surface area contributed by atoms with Gasteiger partial charge in [0.25, 0.3) is 0 Å². The van der Waals surface area contributed by atoms with Gasteiger partial charge in [-0.15, -0.1) is 0 Å². The molecule has 0 radical (unpaired) electrons. The minimum absolute atomic E-state index is 0.817. The van der Waals surface area contributed by atoms with Gasteiger partial charge in [-0.3, -0.25) is 0 Å². The van der Waals surface area contributed by atoms with Gasteiger partial charge in [-0.1, -0.05) is 24.6 Å². The summed E-state index contributed by atoms with van der Waals surface area (Å²) in [5.74, 6) is 0. The van der Waals surface area contributed by atoms with Crippen molar-refractivity contribution in [2.24, 2.45) is 0 Å². The summed E-state index contributed by atoms with van der Waals surface area (Å²) in [4.78, 5) is 2.43. The van der Waals surface area contributed by atoms with E-state index in [1.807, 2.05) is 12.1 Å². The molecule has 0 aromatic heterocycles. The van der Waals surface area contributed by atoms with Crippen LogP contribution in [-0.4, -0.2) is 6.54 Å². The number of rotatable bonds is 5. The number of nitrogens with two attached hydrogens (primary N) is 1. The molecule has 0 aliphatic rings. The van der Waals surface area contributed by atoms with Crippen molar-refractivity contribution < 1.29 is 0 Å². The predicted octanol–water partition coefficient (Wildman–Crippen LogP) is 4.61. The molecule has 2 N–H and O–H groups in total. The van der Waals surface area contributed by atoms with E-state index in [0.717, 1.165) is 25.2 Å². The lowest BCUT2D eigenvalue weighted by atomic mass is 9.99. The topological polar surface area (TPSA) is 29.3 Å². The number of hydrogen-bond acceptors (Lipinski definition) is 2. The van der Waals surface area contributed by atoms with E-state index in [4.69, 9.17) is 5.73 Å². The van der Waals surface area contributed by atoms with Crippen molar-refractivity contribution in [3.05, 3.63) is 58.7 Å². The van der Waals surface area contributed by atoms with E-state index in [0.29, 0.717) is 0 Å². The van der Waals surface area contributed by atoms with Gasteiger partial charge >= 0.3 is 0 Å². The fourth-order valence-electron chi connectivity index (χ4n) is 2.90. The van der Waals surface area contributed by atoms with Crippen molar-refractivity contribution in [2.75, 3.05) is 17.2 Å². The first-order valence-corrected chi connectivity index (χ1v) is 7.68. The minimum Gasteiger partial charge on any atom is -0.399 e. The molecule has 0 atom stereocenters. The maximum atomic E-state index is 5.80. The molecular weight excluding hydrogens is 256 g/mol. The highest BCUT2D eigenvalue weighted by molar-refractivity contribution is 5.54. The summed E-state index contributed by atoms with van der Waals surface area (Å²) in [6.07, 6.45) is 1.13. The number of nitrogen functional groups attached to an aromatic ring is 1. The average molecular weight is 282 g/mol. The van der Waals surface area contributed by atoms with Crippen LogP contribution in [0.3, 0.4) is 0 Å². The van der Waals surface area contributed by atoms with Gasteiger partial charge in [-0.05, 0) is 68.1 Å². The summed E-state index contributed by atoms with van der Waals surface area (Å²) in [5.41, 5.74) is 13.4. The van der Waals surface area contributed by atoms with Gasteiger partial charge < -0.3 is 10.6 Å². The first-order chi connectivity index (χ1) is 10.0. The molecule has 0 fully saturated rings. The van der Waals surface area contributed by atoms with Crippen molar-refractivity contribution in [3.8, 4) is 0 Å². The van der Waals surface area contributed by atoms with Crippen LogP contribution < -0.4 is 10.6 Å². The average Bonchev–Trinajstić information content (AvgIpc) is 2.42. The Bertz CT molecular complexity index is 576. The van der Waals surface area contributed by atoms with Crippen LogP contribution in [0.25, 0.3) is 0 Å². The van der Waals surface area contributed by atoms with Gasteiger partial charge in [0.1, 0.15) is 0 Å². The van der Waals surface area contributed by atoms with Gasteiger partial charge in [0.15, 0.2) is 0 Å². The van der Waals surface area contributed by atoms with E-state index < -0.39 is 0 Å². The van der Waals surface area contributed by atoms with Gasteiger partial charge in [0, 0.05) is 24.5 Å². The Morgan fingerprint density at radius 3 is 2.05 bits per heavy atom. The summed E-state index contributed by atoms with van der Waals surface area (Å²) < 4.78 is 0. The van der Waals surface area contributed by atoms with Crippen LogP contribution in [0.5, 0.6) is 0 Å². The third kappa shape index (κ3) is 3.78. The third-order valence-electron chi connectivity index (χ3n) is 3.94. The maximum Gasteiger partial charge on any atom is 0.0434 e. The van der Waals surface area contributed by atoms with Crippen LogP contribution in [0, 0.1) is 20.8 Å². The lowest BCUT2D eigenvalue weighted by Crippen LogP contribution is -2.24. The number of anilines is 2. The monoisotopic (exact) mass is 282 g/mol. The number of benzene rings is 2. The number of hydrogen-bond donors (Lipinski definition) is 1. The Labute approximate surface area is 128 Å². The Morgan fingerprint density at radius 2 is 1.52 bits per heavy atom. The highest BCUT2D eigenvalue weighted by Crippen LogP contribution is 2.23. The molecule has 0 unspecified atom stereocenters. The normalized spacial score (nSPS) is 10.7. The summed E-state index contributed by atoms with van der Waals surface area (Å²) in [7, 11) is 0. The van der Waals surface area contributed by atoms with Crippen molar-refractivity contribution in [3.63, 3.8) is 0 Å². The summed E-state index contributed by atoms with van der Waals surface area (Å²) >= 11 is 0. The quantitative estimate of drug-likeness (QED) is 0.811. The Kier molecular flexibility index (Phi) is 4.89. The smallest absolute Gasteiger partial charge is 0.0434 e. The van der Waals surface area contributed by atoms with Crippen molar-refractivity contribution >= 4 is 11.4 Å². The van der Waals surface area contributed by atoms with Gasteiger partial charge in [-0.25, -0.2) is 0 Å². The second-order valence-electron chi connectivity index (χ2n) is 5.89. The molecule has 2 nitrogen and oxygen atoms in total. The predicted molar refractivity (Wildman–Crippen MR) is 92.8 cm³/mol. The standard InChI is InChI=1S/C19H26N2/c1-5-10-21(18-8-6-17(20)7-9-18)13-19-15(3)11-14(2)12-16(19)4/h6-9,11-12H,5,10,13,20H2,1-4H3. The van der Waals surface area contributed by atoms with Crippen LogP contribution in [0.4, 0.5) is 11.4 Å².